The van der Waals surface area contributed by atoms with Crippen LogP contribution in [0.1, 0.15) is 42.8 Å². The van der Waals surface area contributed by atoms with Gasteiger partial charge in [-0.05, 0) is 31.4 Å². The number of carbonyl (C=O) groups excluding carboxylic acids is 1. The van der Waals surface area contributed by atoms with Crippen LogP contribution in [0.25, 0.3) is 0 Å². The predicted octanol–water partition coefficient (Wildman–Crippen LogP) is 2.16. The van der Waals surface area contributed by atoms with E-state index in [4.69, 9.17) is 10.4 Å². The minimum absolute atomic E-state index is 0.102. The van der Waals surface area contributed by atoms with Gasteiger partial charge in [-0.25, -0.2) is 4.98 Å². The molecule has 7 heteroatoms. The summed E-state index contributed by atoms with van der Waals surface area (Å²) in [5.74, 6) is 1.03. The second-order valence-corrected chi connectivity index (χ2v) is 6.82. The molecule has 2 aromatic heterocycles. The molecule has 0 spiro atoms. The van der Waals surface area contributed by atoms with E-state index in [2.05, 4.69) is 27.6 Å². The van der Waals surface area contributed by atoms with Crippen LogP contribution in [0.4, 0.5) is 11.5 Å². The van der Waals surface area contributed by atoms with E-state index in [1.54, 1.807) is 13.1 Å². The third-order valence-electron chi connectivity index (χ3n) is 5.31. The van der Waals surface area contributed by atoms with Crippen molar-refractivity contribution in [3.63, 3.8) is 0 Å². The number of hydrogen-bond acceptors (Lipinski definition) is 5. The number of aromatic nitrogens is 3. The molecule has 0 aromatic carbocycles. The second-order valence-electron chi connectivity index (χ2n) is 6.82. The van der Waals surface area contributed by atoms with Crippen molar-refractivity contribution in [3.05, 3.63) is 34.8 Å². The molecule has 0 aliphatic carbocycles. The Morgan fingerprint density at radius 3 is 2.92 bits per heavy atom. The lowest BCUT2D eigenvalue weighted by Gasteiger charge is -2.32. The first kappa shape index (κ1) is 16.6. The Hall–Kier alpha value is -2.88. The number of anilines is 2. The molecule has 0 bridgehead atoms. The molecule has 4 rings (SSSR count). The van der Waals surface area contributed by atoms with Crippen LogP contribution in [0.2, 0.25) is 0 Å². The summed E-state index contributed by atoms with van der Waals surface area (Å²) in [4.78, 5) is 20.2. The lowest BCUT2D eigenvalue weighted by Crippen LogP contribution is -2.35. The van der Waals surface area contributed by atoms with Crippen molar-refractivity contribution in [2.24, 2.45) is 0 Å². The van der Waals surface area contributed by atoms with Crippen molar-refractivity contribution in [1.29, 1.82) is 5.26 Å². The van der Waals surface area contributed by atoms with Gasteiger partial charge in [-0.2, -0.15) is 10.4 Å². The summed E-state index contributed by atoms with van der Waals surface area (Å²) in [5, 5.41) is 14.0. The maximum atomic E-state index is 11.9. The summed E-state index contributed by atoms with van der Waals surface area (Å²) >= 11 is 0. The van der Waals surface area contributed by atoms with Gasteiger partial charge in [-0.15, -0.1) is 0 Å². The second kappa shape index (κ2) is 6.45. The molecule has 0 saturated carbocycles. The maximum absolute atomic E-state index is 11.9. The Kier molecular flexibility index (Phi) is 4.11. The van der Waals surface area contributed by atoms with Crippen LogP contribution in [0.15, 0.2) is 12.3 Å². The van der Waals surface area contributed by atoms with Crippen molar-refractivity contribution < 1.29 is 4.79 Å². The number of aryl methyl sites for hydroxylation is 2. The van der Waals surface area contributed by atoms with Gasteiger partial charge in [0.2, 0.25) is 5.91 Å². The highest BCUT2D eigenvalue weighted by molar-refractivity contribution is 5.75. The minimum atomic E-state index is 0.102. The van der Waals surface area contributed by atoms with Crippen molar-refractivity contribution in [3.8, 4) is 6.07 Å². The van der Waals surface area contributed by atoms with E-state index >= 15 is 0 Å². The molecule has 134 valence electrons. The highest BCUT2D eigenvalue weighted by Crippen LogP contribution is 2.37. The average molecular weight is 350 g/mol. The number of fused-ring (bicyclic) bond motifs is 2. The summed E-state index contributed by atoms with van der Waals surface area (Å²) in [5.41, 5.74) is 4.99. The Balaban J connectivity index is 1.79. The Morgan fingerprint density at radius 1 is 1.35 bits per heavy atom. The Morgan fingerprint density at radius 2 is 2.19 bits per heavy atom. The van der Waals surface area contributed by atoms with E-state index in [-0.39, 0.29) is 5.91 Å². The van der Waals surface area contributed by atoms with Gasteiger partial charge < -0.3 is 9.80 Å². The third-order valence-corrected chi connectivity index (χ3v) is 5.31. The molecule has 0 saturated heterocycles. The molecule has 7 nitrogen and oxygen atoms in total. The molecule has 4 heterocycles. The highest BCUT2D eigenvalue weighted by Gasteiger charge is 2.30. The minimum Gasteiger partial charge on any atom is -0.338 e. The van der Waals surface area contributed by atoms with Crippen molar-refractivity contribution >= 4 is 17.4 Å². The smallest absolute Gasteiger partial charge is 0.219 e. The molecule has 0 fully saturated rings. The van der Waals surface area contributed by atoms with E-state index in [9.17, 15) is 4.79 Å². The number of hydrogen-bond donors (Lipinski definition) is 0. The summed E-state index contributed by atoms with van der Waals surface area (Å²) in [6, 6.07) is 4.00. The van der Waals surface area contributed by atoms with Gasteiger partial charge in [-0.1, -0.05) is 0 Å². The molecule has 0 unspecified atom stereocenters. The van der Waals surface area contributed by atoms with Crippen molar-refractivity contribution in [2.75, 3.05) is 18.0 Å². The predicted molar refractivity (Wildman–Crippen MR) is 97.0 cm³/mol. The van der Waals surface area contributed by atoms with Gasteiger partial charge >= 0.3 is 0 Å². The largest absolute Gasteiger partial charge is 0.338 e. The van der Waals surface area contributed by atoms with Crippen LogP contribution in [-0.4, -0.2) is 38.7 Å². The fourth-order valence-corrected chi connectivity index (χ4v) is 3.98. The molecule has 2 aromatic rings. The first-order valence-corrected chi connectivity index (χ1v) is 9.13. The summed E-state index contributed by atoms with van der Waals surface area (Å²) in [6.45, 7) is 6.76. The van der Waals surface area contributed by atoms with Gasteiger partial charge in [0, 0.05) is 44.2 Å². The van der Waals surface area contributed by atoms with E-state index in [1.165, 1.54) is 5.69 Å². The van der Waals surface area contributed by atoms with Crippen LogP contribution in [0.5, 0.6) is 0 Å². The number of carbonyl (C=O) groups is 1. The number of nitrogens with zero attached hydrogens (tertiary/aromatic N) is 6. The number of amides is 1. The van der Waals surface area contributed by atoms with Crippen LogP contribution in [-0.2, 0) is 30.7 Å². The third kappa shape index (κ3) is 2.62. The molecule has 2 aliphatic rings. The zero-order chi connectivity index (χ0) is 18.3. The monoisotopic (exact) mass is 350 g/mol. The van der Waals surface area contributed by atoms with Crippen LogP contribution < -0.4 is 4.90 Å². The molecular formula is C19H22N6O. The van der Waals surface area contributed by atoms with E-state index in [0.29, 0.717) is 12.2 Å². The number of rotatable bonds is 2. The van der Waals surface area contributed by atoms with E-state index < -0.39 is 0 Å². The van der Waals surface area contributed by atoms with Crippen LogP contribution in [0, 0.1) is 11.3 Å². The summed E-state index contributed by atoms with van der Waals surface area (Å²) < 4.78 is 2.06. The lowest BCUT2D eigenvalue weighted by atomic mass is 10.0. The van der Waals surface area contributed by atoms with Crippen LogP contribution >= 0.6 is 0 Å². The fraction of sp³-hybridized carbons (Fsp3) is 0.474. The standard InChI is InChI=1S/C19H22N6O/c1-3-25-17-6-8-23(13(2)26)12-16(17)19(22-25)24-7-4-5-14-9-15(10-20)21-11-18(14)24/h9,11H,3-8,12H2,1-2H3. The maximum Gasteiger partial charge on any atom is 0.219 e. The van der Waals surface area contributed by atoms with E-state index in [0.717, 1.165) is 61.5 Å². The Bertz CT molecular complexity index is 909. The van der Waals surface area contributed by atoms with Crippen molar-refractivity contribution in [1.82, 2.24) is 19.7 Å². The van der Waals surface area contributed by atoms with Gasteiger partial charge in [-0.3, -0.25) is 9.48 Å². The Labute approximate surface area is 152 Å². The average Bonchev–Trinajstić information content (AvgIpc) is 3.04. The van der Waals surface area contributed by atoms with Gasteiger partial charge in [0.15, 0.2) is 5.82 Å². The molecule has 0 N–H and O–H groups in total. The SMILES string of the molecule is CCn1nc(N2CCCc3cc(C#N)ncc32)c2c1CCN(C(C)=O)C2. The van der Waals surface area contributed by atoms with Crippen molar-refractivity contribution in [2.45, 2.75) is 46.2 Å². The lowest BCUT2D eigenvalue weighted by molar-refractivity contribution is -0.129. The molecule has 26 heavy (non-hydrogen) atoms. The molecular weight excluding hydrogens is 328 g/mol. The highest BCUT2D eigenvalue weighted by atomic mass is 16.2. The first-order valence-electron chi connectivity index (χ1n) is 9.13. The number of nitriles is 1. The normalized spacial score (nSPS) is 16.0. The summed E-state index contributed by atoms with van der Waals surface area (Å²) in [7, 11) is 0. The molecule has 1 amide bonds. The summed E-state index contributed by atoms with van der Waals surface area (Å²) in [6.07, 6.45) is 4.57. The van der Waals surface area contributed by atoms with Gasteiger partial charge in [0.1, 0.15) is 11.8 Å². The van der Waals surface area contributed by atoms with E-state index in [1.807, 2.05) is 11.0 Å². The van der Waals surface area contributed by atoms with Gasteiger partial charge in [0.05, 0.1) is 18.4 Å². The fourth-order valence-electron chi connectivity index (χ4n) is 3.98. The quantitative estimate of drug-likeness (QED) is 0.829. The zero-order valence-corrected chi connectivity index (χ0v) is 15.2. The molecule has 2 aliphatic heterocycles. The number of pyridine rings is 1. The zero-order valence-electron chi connectivity index (χ0n) is 15.2. The topological polar surface area (TPSA) is 78.1 Å². The molecule has 0 atom stereocenters. The first-order chi connectivity index (χ1) is 12.6. The van der Waals surface area contributed by atoms with Crippen LogP contribution in [0.3, 0.4) is 0 Å². The van der Waals surface area contributed by atoms with Gasteiger partial charge in [0.25, 0.3) is 0 Å². The molecule has 0 radical (unpaired) electrons.